The molecule has 1 N–H and O–H groups in total. The summed E-state index contributed by atoms with van der Waals surface area (Å²) in [5.74, 6) is 0. The Hall–Kier alpha value is -0.300. The van der Waals surface area contributed by atoms with Crippen LogP contribution in [0.25, 0.3) is 0 Å². The van der Waals surface area contributed by atoms with E-state index < -0.39 is 0 Å². The Kier molecular flexibility index (Phi) is 4.18. The number of hydrogen-bond donors (Lipinski definition) is 1. The highest BCUT2D eigenvalue weighted by Crippen LogP contribution is 2.32. The largest absolute Gasteiger partial charge is 0.314 e. The Morgan fingerprint density at radius 2 is 2.14 bits per heavy atom. The molecule has 0 amide bonds. The molecule has 0 aliphatic heterocycles. The molecule has 0 radical (unpaired) electrons. The molecule has 1 nitrogen and oxygen atoms in total. The third-order valence-electron chi connectivity index (χ3n) is 3.06. The number of allylic oxidation sites excluding steroid dienone is 1. The highest BCUT2D eigenvalue weighted by atomic mass is 14.9. The van der Waals surface area contributed by atoms with Crippen LogP contribution in [0.3, 0.4) is 0 Å². The Morgan fingerprint density at radius 3 is 2.57 bits per heavy atom. The normalized spacial score (nSPS) is 23.4. The molecular formula is C13H25N. The van der Waals surface area contributed by atoms with Gasteiger partial charge in [0.25, 0.3) is 0 Å². The van der Waals surface area contributed by atoms with Gasteiger partial charge in [-0.2, -0.15) is 0 Å². The van der Waals surface area contributed by atoms with E-state index >= 15 is 0 Å². The van der Waals surface area contributed by atoms with Gasteiger partial charge in [-0.25, -0.2) is 0 Å². The molecule has 1 aliphatic carbocycles. The number of hydrogen-bond acceptors (Lipinski definition) is 1. The zero-order valence-corrected chi connectivity index (χ0v) is 10.2. The quantitative estimate of drug-likeness (QED) is 0.680. The fourth-order valence-electron chi connectivity index (χ4n) is 2.05. The van der Waals surface area contributed by atoms with Gasteiger partial charge in [-0.1, -0.05) is 39.3 Å². The lowest BCUT2D eigenvalue weighted by atomic mass is 9.79. The molecule has 0 fully saturated rings. The lowest BCUT2D eigenvalue weighted by molar-refractivity contribution is 0.410. The van der Waals surface area contributed by atoms with Crippen LogP contribution in [-0.2, 0) is 0 Å². The van der Waals surface area contributed by atoms with E-state index in [1.807, 2.05) is 0 Å². The average molecular weight is 195 g/mol. The number of nitrogens with one attached hydrogen (secondary N) is 1. The predicted molar refractivity (Wildman–Crippen MR) is 63.5 cm³/mol. The van der Waals surface area contributed by atoms with Crippen LogP contribution < -0.4 is 5.32 Å². The first-order valence-corrected chi connectivity index (χ1v) is 5.97. The van der Waals surface area contributed by atoms with Crippen LogP contribution in [0.5, 0.6) is 0 Å². The van der Waals surface area contributed by atoms with E-state index in [1.54, 1.807) is 5.57 Å². The van der Waals surface area contributed by atoms with Crippen LogP contribution in [0.2, 0.25) is 0 Å². The van der Waals surface area contributed by atoms with Gasteiger partial charge in [0.05, 0.1) is 0 Å². The first-order chi connectivity index (χ1) is 6.54. The summed E-state index contributed by atoms with van der Waals surface area (Å²) in [4.78, 5) is 0. The molecule has 0 aromatic heterocycles. The van der Waals surface area contributed by atoms with Crippen molar-refractivity contribution < 1.29 is 0 Å². The van der Waals surface area contributed by atoms with Crippen molar-refractivity contribution in [3.63, 3.8) is 0 Å². The molecule has 0 heterocycles. The topological polar surface area (TPSA) is 12.0 Å². The highest BCUT2D eigenvalue weighted by Gasteiger charge is 2.21. The van der Waals surface area contributed by atoms with E-state index in [-0.39, 0.29) is 0 Å². The lowest BCUT2D eigenvalue weighted by Crippen LogP contribution is -2.32. The van der Waals surface area contributed by atoms with Crippen molar-refractivity contribution >= 4 is 0 Å². The van der Waals surface area contributed by atoms with E-state index in [0.29, 0.717) is 5.41 Å². The molecule has 82 valence electrons. The molecule has 0 bridgehead atoms. The second-order valence-corrected chi connectivity index (χ2v) is 5.40. The summed E-state index contributed by atoms with van der Waals surface area (Å²) in [5, 5.41) is 3.60. The van der Waals surface area contributed by atoms with Crippen molar-refractivity contribution in [2.24, 2.45) is 5.41 Å². The van der Waals surface area contributed by atoms with E-state index in [4.69, 9.17) is 0 Å². The SMILES string of the molecule is CCCNC1CC=C(C(C)(C)C)CC1. The Balaban J connectivity index is 2.39. The monoisotopic (exact) mass is 195 g/mol. The zero-order chi connectivity index (χ0) is 10.6. The Bertz CT molecular complexity index is 198. The minimum Gasteiger partial charge on any atom is -0.314 e. The molecular weight excluding hydrogens is 170 g/mol. The van der Waals surface area contributed by atoms with Crippen LogP contribution in [0.15, 0.2) is 11.6 Å². The maximum atomic E-state index is 3.60. The van der Waals surface area contributed by atoms with E-state index in [0.717, 1.165) is 6.04 Å². The minimum absolute atomic E-state index is 0.385. The fraction of sp³-hybridized carbons (Fsp3) is 0.846. The first-order valence-electron chi connectivity index (χ1n) is 5.97. The molecule has 0 saturated carbocycles. The van der Waals surface area contributed by atoms with Gasteiger partial charge < -0.3 is 5.32 Å². The van der Waals surface area contributed by atoms with Crippen LogP contribution in [0.1, 0.15) is 53.4 Å². The summed E-state index contributed by atoms with van der Waals surface area (Å²) < 4.78 is 0. The maximum Gasteiger partial charge on any atom is 0.0105 e. The van der Waals surface area contributed by atoms with Gasteiger partial charge in [-0.15, -0.1) is 0 Å². The van der Waals surface area contributed by atoms with Crippen molar-refractivity contribution in [1.82, 2.24) is 5.32 Å². The van der Waals surface area contributed by atoms with Gasteiger partial charge in [-0.3, -0.25) is 0 Å². The van der Waals surface area contributed by atoms with Gasteiger partial charge >= 0.3 is 0 Å². The van der Waals surface area contributed by atoms with Crippen molar-refractivity contribution in [3.05, 3.63) is 11.6 Å². The first kappa shape index (κ1) is 11.8. The van der Waals surface area contributed by atoms with Gasteiger partial charge in [0.1, 0.15) is 0 Å². The Morgan fingerprint density at radius 1 is 1.43 bits per heavy atom. The molecule has 1 unspecified atom stereocenters. The Labute approximate surface area is 89.0 Å². The smallest absolute Gasteiger partial charge is 0.0105 e. The van der Waals surface area contributed by atoms with Crippen LogP contribution >= 0.6 is 0 Å². The van der Waals surface area contributed by atoms with Gasteiger partial charge in [0.2, 0.25) is 0 Å². The van der Waals surface area contributed by atoms with Crippen LogP contribution in [0, 0.1) is 5.41 Å². The fourth-order valence-corrected chi connectivity index (χ4v) is 2.05. The van der Waals surface area contributed by atoms with Crippen LogP contribution in [-0.4, -0.2) is 12.6 Å². The summed E-state index contributed by atoms with van der Waals surface area (Å²) in [6.45, 7) is 10.4. The molecule has 0 aromatic rings. The summed E-state index contributed by atoms with van der Waals surface area (Å²) in [6, 6.07) is 0.737. The van der Waals surface area contributed by atoms with Crippen molar-refractivity contribution in [1.29, 1.82) is 0 Å². The molecule has 1 heteroatoms. The number of rotatable bonds is 3. The standard InChI is InChI=1S/C13H25N/c1-5-10-14-12-8-6-11(7-9-12)13(2,3)4/h6,12,14H,5,7-10H2,1-4H3. The van der Waals surface area contributed by atoms with E-state index in [9.17, 15) is 0 Å². The summed E-state index contributed by atoms with van der Waals surface area (Å²) >= 11 is 0. The van der Waals surface area contributed by atoms with E-state index in [1.165, 1.54) is 32.2 Å². The zero-order valence-electron chi connectivity index (χ0n) is 10.2. The van der Waals surface area contributed by atoms with Gasteiger partial charge in [0.15, 0.2) is 0 Å². The summed E-state index contributed by atoms with van der Waals surface area (Å²) in [5.41, 5.74) is 2.03. The molecule has 0 spiro atoms. The van der Waals surface area contributed by atoms with Crippen molar-refractivity contribution in [3.8, 4) is 0 Å². The van der Waals surface area contributed by atoms with Crippen LogP contribution in [0.4, 0.5) is 0 Å². The lowest BCUT2D eigenvalue weighted by Gasteiger charge is -2.30. The van der Waals surface area contributed by atoms with Gasteiger partial charge in [-0.05, 0) is 37.6 Å². The molecule has 0 aromatic carbocycles. The third kappa shape index (κ3) is 3.45. The van der Waals surface area contributed by atoms with Crippen molar-refractivity contribution in [2.45, 2.75) is 59.4 Å². The molecule has 0 saturated heterocycles. The molecule has 1 atom stereocenters. The highest BCUT2D eigenvalue weighted by molar-refractivity contribution is 5.14. The average Bonchev–Trinajstić information content (AvgIpc) is 2.14. The molecule has 14 heavy (non-hydrogen) atoms. The minimum atomic E-state index is 0.385. The predicted octanol–water partition coefficient (Wildman–Crippen LogP) is 3.51. The summed E-state index contributed by atoms with van der Waals surface area (Å²) in [7, 11) is 0. The third-order valence-corrected chi connectivity index (χ3v) is 3.06. The van der Waals surface area contributed by atoms with Gasteiger partial charge in [0, 0.05) is 6.04 Å². The molecule has 1 rings (SSSR count). The second kappa shape index (κ2) is 4.97. The second-order valence-electron chi connectivity index (χ2n) is 5.40. The van der Waals surface area contributed by atoms with E-state index in [2.05, 4.69) is 39.1 Å². The summed E-state index contributed by atoms with van der Waals surface area (Å²) in [6.07, 6.45) is 7.53. The maximum absolute atomic E-state index is 3.60. The molecule has 1 aliphatic rings. The van der Waals surface area contributed by atoms with Crippen molar-refractivity contribution in [2.75, 3.05) is 6.54 Å².